The lowest BCUT2D eigenvalue weighted by atomic mass is 9.94. The number of likely N-dealkylation sites (N-methyl/N-ethyl adjacent to an activating group) is 1. The fourth-order valence-corrected chi connectivity index (χ4v) is 4.53. The van der Waals surface area contributed by atoms with Crippen molar-refractivity contribution in [3.63, 3.8) is 0 Å². The summed E-state index contributed by atoms with van der Waals surface area (Å²) in [5, 5.41) is 5.75. The smallest absolute Gasteiger partial charge is 0.257 e. The zero-order chi connectivity index (χ0) is 24.8. The Bertz CT molecular complexity index is 1060. The van der Waals surface area contributed by atoms with E-state index in [0.29, 0.717) is 42.8 Å². The lowest BCUT2D eigenvalue weighted by Gasteiger charge is -2.42. The standard InChI is InChI=1S/C26H32N4O5/c1-3-24(31)29-18-4-7-22-20(14-18)26(33)30(2)21-6-5-19(35-23(21)16-34-22)15-25(32)28-13-10-17-8-11-27-12-9-17/h4,7-9,11-12,14,19,21,23H,3,5-6,10,13,15-16H2,1-2H3,(H,28,32)(H,29,31)/t19-,21+,23+/m1/s1. The Morgan fingerprint density at radius 3 is 2.71 bits per heavy atom. The average molecular weight is 481 g/mol. The summed E-state index contributed by atoms with van der Waals surface area (Å²) in [4.78, 5) is 43.2. The summed E-state index contributed by atoms with van der Waals surface area (Å²) in [5.74, 6) is 0.101. The van der Waals surface area contributed by atoms with Crippen LogP contribution in [-0.2, 0) is 20.7 Å². The number of benzene rings is 1. The molecule has 1 saturated heterocycles. The molecule has 2 N–H and O–H groups in total. The number of amides is 3. The molecular formula is C26H32N4O5. The van der Waals surface area contributed by atoms with Crippen molar-refractivity contribution in [2.24, 2.45) is 0 Å². The van der Waals surface area contributed by atoms with Crippen LogP contribution in [0.4, 0.5) is 5.69 Å². The number of hydrogen-bond donors (Lipinski definition) is 2. The van der Waals surface area contributed by atoms with E-state index in [9.17, 15) is 14.4 Å². The molecule has 9 heteroatoms. The van der Waals surface area contributed by atoms with Gasteiger partial charge >= 0.3 is 0 Å². The number of rotatable bonds is 7. The topological polar surface area (TPSA) is 110 Å². The fraction of sp³-hybridized carbons (Fsp3) is 0.462. The maximum Gasteiger partial charge on any atom is 0.257 e. The Morgan fingerprint density at radius 2 is 1.94 bits per heavy atom. The van der Waals surface area contributed by atoms with Crippen LogP contribution in [0, 0.1) is 0 Å². The van der Waals surface area contributed by atoms with Crippen molar-refractivity contribution in [1.29, 1.82) is 0 Å². The minimum absolute atomic E-state index is 0.0503. The number of pyridine rings is 1. The van der Waals surface area contributed by atoms with Gasteiger partial charge in [0.15, 0.2) is 0 Å². The van der Waals surface area contributed by atoms with Gasteiger partial charge in [-0.1, -0.05) is 6.92 Å². The number of fused-ring (bicyclic) bond motifs is 2. The molecule has 3 heterocycles. The van der Waals surface area contributed by atoms with Gasteiger partial charge in [0.1, 0.15) is 18.5 Å². The van der Waals surface area contributed by atoms with Crippen LogP contribution in [0.25, 0.3) is 0 Å². The molecule has 2 aliphatic heterocycles. The van der Waals surface area contributed by atoms with E-state index in [-0.39, 0.29) is 49.0 Å². The number of nitrogens with zero attached hydrogens (tertiary/aromatic N) is 2. The van der Waals surface area contributed by atoms with Crippen LogP contribution < -0.4 is 15.4 Å². The van der Waals surface area contributed by atoms with Crippen molar-refractivity contribution >= 4 is 23.4 Å². The van der Waals surface area contributed by atoms with Crippen LogP contribution >= 0.6 is 0 Å². The molecular weight excluding hydrogens is 448 g/mol. The number of aromatic nitrogens is 1. The zero-order valence-electron chi connectivity index (χ0n) is 20.2. The summed E-state index contributed by atoms with van der Waals surface area (Å²) in [6.07, 6.45) is 5.68. The molecule has 1 fully saturated rings. The number of hydrogen-bond acceptors (Lipinski definition) is 6. The third-order valence-corrected chi connectivity index (χ3v) is 6.51. The molecule has 0 saturated carbocycles. The van der Waals surface area contributed by atoms with Crippen LogP contribution in [0.1, 0.15) is 48.5 Å². The Kier molecular flexibility index (Phi) is 7.97. The fourth-order valence-electron chi connectivity index (χ4n) is 4.53. The molecule has 186 valence electrons. The van der Waals surface area contributed by atoms with Crippen LogP contribution in [0.3, 0.4) is 0 Å². The summed E-state index contributed by atoms with van der Waals surface area (Å²) in [7, 11) is 1.77. The van der Waals surface area contributed by atoms with E-state index in [1.54, 1.807) is 49.5 Å². The van der Waals surface area contributed by atoms with E-state index in [2.05, 4.69) is 15.6 Å². The van der Waals surface area contributed by atoms with Crippen LogP contribution in [-0.4, -0.2) is 66.1 Å². The molecule has 2 aliphatic rings. The number of ether oxygens (including phenoxy) is 2. The van der Waals surface area contributed by atoms with Crippen LogP contribution in [0.5, 0.6) is 5.75 Å². The average Bonchev–Trinajstić information content (AvgIpc) is 2.87. The van der Waals surface area contributed by atoms with Gasteiger partial charge in [-0.25, -0.2) is 0 Å². The second kappa shape index (κ2) is 11.3. The molecule has 9 nitrogen and oxygen atoms in total. The van der Waals surface area contributed by atoms with E-state index >= 15 is 0 Å². The maximum atomic E-state index is 13.3. The molecule has 4 rings (SSSR count). The van der Waals surface area contributed by atoms with Gasteiger partial charge in [0.05, 0.1) is 24.1 Å². The van der Waals surface area contributed by atoms with E-state index in [0.717, 1.165) is 12.0 Å². The lowest BCUT2D eigenvalue weighted by molar-refractivity contribution is -0.134. The number of anilines is 1. The summed E-state index contributed by atoms with van der Waals surface area (Å²) in [6.45, 7) is 2.60. The van der Waals surface area contributed by atoms with Gasteiger partial charge in [0.25, 0.3) is 5.91 Å². The Labute approximate surface area is 205 Å². The highest BCUT2D eigenvalue weighted by molar-refractivity contribution is 5.99. The molecule has 0 radical (unpaired) electrons. The molecule has 1 aromatic heterocycles. The van der Waals surface area contributed by atoms with Crippen molar-refractivity contribution in [2.45, 2.75) is 57.3 Å². The van der Waals surface area contributed by atoms with Crippen molar-refractivity contribution in [1.82, 2.24) is 15.2 Å². The first-order valence-corrected chi connectivity index (χ1v) is 12.1. The van der Waals surface area contributed by atoms with Gasteiger partial charge in [-0.3, -0.25) is 19.4 Å². The minimum atomic E-state index is -0.333. The second-order valence-corrected chi connectivity index (χ2v) is 8.94. The molecule has 1 aromatic carbocycles. The third-order valence-electron chi connectivity index (χ3n) is 6.51. The number of carbonyl (C=O) groups excluding carboxylic acids is 3. The van der Waals surface area contributed by atoms with Crippen molar-refractivity contribution in [2.75, 3.05) is 25.5 Å². The Hall–Kier alpha value is -3.46. The monoisotopic (exact) mass is 480 g/mol. The first kappa shape index (κ1) is 24.7. The maximum absolute atomic E-state index is 13.3. The van der Waals surface area contributed by atoms with Crippen LogP contribution in [0.2, 0.25) is 0 Å². The summed E-state index contributed by atoms with van der Waals surface area (Å²) >= 11 is 0. The SMILES string of the molecule is CCC(=O)Nc1ccc2c(c1)C(=O)N(C)[C@H]1CC[C@H](CC(=O)NCCc3ccncc3)O[C@H]1CO2. The van der Waals surface area contributed by atoms with Gasteiger partial charge in [0.2, 0.25) is 11.8 Å². The molecule has 0 bridgehead atoms. The molecule has 0 unspecified atom stereocenters. The number of nitrogens with one attached hydrogen (secondary N) is 2. The number of carbonyl (C=O) groups is 3. The van der Waals surface area contributed by atoms with E-state index in [1.165, 1.54) is 0 Å². The first-order chi connectivity index (χ1) is 16.9. The van der Waals surface area contributed by atoms with Gasteiger partial charge in [-0.15, -0.1) is 0 Å². The highest BCUT2D eigenvalue weighted by atomic mass is 16.5. The van der Waals surface area contributed by atoms with Gasteiger partial charge in [0, 0.05) is 38.1 Å². The molecule has 0 aliphatic carbocycles. The molecule has 3 atom stereocenters. The molecule has 35 heavy (non-hydrogen) atoms. The van der Waals surface area contributed by atoms with Crippen LogP contribution in [0.15, 0.2) is 42.7 Å². The predicted octanol–water partition coefficient (Wildman–Crippen LogP) is 2.56. The highest BCUT2D eigenvalue weighted by Gasteiger charge is 2.39. The van der Waals surface area contributed by atoms with Crippen molar-refractivity contribution in [3.8, 4) is 5.75 Å². The van der Waals surface area contributed by atoms with E-state index in [1.807, 2.05) is 12.1 Å². The van der Waals surface area contributed by atoms with Crippen molar-refractivity contribution in [3.05, 3.63) is 53.9 Å². The molecule has 2 aromatic rings. The Morgan fingerprint density at radius 1 is 1.14 bits per heavy atom. The quantitative estimate of drug-likeness (QED) is 0.630. The third kappa shape index (κ3) is 6.16. The molecule has 3 amide bonds. The van der Waals surface area contributed by atoms with E-state index in [4.69, 9.17) is 9.47 Å². The van der Waals surface area contributed by atoms with Gasteiger partial charge in [-0.2, -0.15) is 0 Å². The minimum Gasteiger partial charge on any atom is -0.490 e. The van der Waals surface area contributed by atoms with Gasteiger partial charge in [-0.05, 0) is 55.2 Å². The zero-order valence-corrected chi connectivity index (χ0v) is 20.2. The lowest BCUT2D eigenvalue weighted by Crippen LogP contribution is -2.54. The second-order valence-electron chi connectivity index (χ2n) is 8.94. The summed E-state index contributed by atoms with van der Waals surface area (Å²) in [6, 6.07) is 8.79. The predicted molar refractivity (Wildman–Crippen MR) is 130 cm³/mol. The summed E-state index contributed by atoms with van der Waals surface area (Å²) in [5.41, 5.74) is 2.10. The highest BCUT2D eigenvalue weighted by Crippen LogP contribution is 2.32. The largest absolute Gasteiger partial charge is 0.490 e. The Balaban J connectivity index is 1.35. The van der Waals surface area contributed by atoms with E-state index < -0.39 is 0 Å². The first-order valence-electron chi connectivity index (χ1n) is 12.1. The summed E-state index contributed by atoms with van der Waals surface area (Å²) < 4.78 is 12.2. The molecule has 0 spiro atoms. The van der Waals surface area contributed by atoms with Crippen molar-refractivity contribution < 1.29 is 23.9 Å². The van der Waals surface area contributed by atoms with Gasteiger partial charge < -0.3 is 25.0 Å². The normalized spacial score (nSPS) is 21.6.